The highest BCUT2D eigenvalue weighted by Gasteiger charge is 2.34. The Morgan fingerprint density at radius 2 is 2.00 bits per heavy atom. The minimum Gasteiger partial charge on any atom is -0.389 e. The Labute approximate surface area is 112 Å². The summed E-state index contributed by atoms with van der Waals surface area (Å²) in [5.41, 5.74) is -0.396. The molecule has 18 heavy (non-hydrogen) atoms. The Kier molecular flexibility index (Phi) is 5.05. The molecule has 2 aliphatic rings. The normalized spacial score (nSPS) is 28.2. The Hall–Kier alpha value is -0.120. The summed E-state index contributed by atoms with van der Waals surface area (Å²) in [7, 11) is 0. The van der Waals surface area contributed by atoms with Gasteiger partial charge in [0, 0.05) is 19.1 Å². The van der Waals surface area contributed by atoms with Gasteiger partial charge in [0.1, 0.15) is 0 Å². The lowest BCUT2D eigenvalue weighted by atomic mass is 9.96. The number of hydrogen-bond acceptors (Lipinski definition) is 3. The number of nitrogens with zero attached hydrogens (tertiary/aromatic N) is 1. The molecule has 106 valence electrons. The van der Waals surface area contributed by atoms with Gasteiger partial charge in [-0.2, -0.15) is 0 Å². The van der Waals surface area contributed by atoms with E-state index < -0.39 is 5.60 Å². The van der Waals surface area contributed by atoms with Crippen LogP contribution < -0.4 is 5.32 Å². The minimum atomic E-state index is -0.396. The van der Waals surface area contributed by atoms with Crippen molar-refractivity contribution in [1.82, 2.24) is 10.2 Å². The van der Waals surface area contributed by atoms with Gasteiger partial charge in [-0.3, -0.25) is 4.90 Å². The molecule has 3 heteroatoms. The standard InChI is InChI=1S/C15H30N2O/c1-13(2)17(11-14-6-5-9-16-10-14)12-15(18)7-3-4-8-15/h13-14,16,18H,3-12H2,1-2H3. The third kappa shape index (κ3) is 3.94. The van der Waals surface area contributed by atoms with E-state index in [1.807, 2.05) is 0 Å². The van der Waals surface area contributed by atoms with Crippen LogP contribution in [0.3, 0.4) is 0 Å². The molecule has 2 rings (SSSR count). The lowest BCUT2D eigenvalue weighted by Crippen LogP contribution is -2.48. The smallest absolute Gasteiger partial charge is 0.0774 e. The van der Waals surface area contributed by atoms with Crippen LogP contribution in [0.15, 0.2) is 0 Å². The first-order chi connectivity index (χ1) is 8.59. The molecule has 1 heterocycles. The third-order valence-corrected chi connectivity index (χ3v) is 4.65. The fourth-order valence-corrected chi connectivity index (χ4v) is 3.44. The molecule has 0 aromatic heterocycles. The van der Waals surface area contributed by atoms with Crippen LogP contribution in [-0.2, 0) is 0 Å². The van der Waals surface area contributed by atoms with Crippen LogP contribution in [-0.4, -0.2) is 47.8 Å². The van der Waals surface area contributed by atoms with Crippen LogP contribution in [0.1, 0.15) is 52.4 Å². The van der Waals surface area contributed by atoms with E-state index in [1.165, 1.54) is 32.2 Å². The van der Waals surface area contributed by atoms with Gasteiger partial charge in [-0.25, -0.2) is 0 Å². The Balaban J connectivity index is 1.86. The highest BCUT2D eigenvalue weighted by atomic mass is 16.3. The van der Waals surface area contributed by atoms with Gasteiger partial charge in [-0.1, -0.05) is 12.8 Å². The first-order valence-corrected chi connectivity index (χ1v) is 7.76. The molecule has 0 bridgehead atoms. The van der Waals surface area contributed by atoms with Gasteiger partial charge in [-0.05, 0) is 58.5 Å². The van der Waals surface area contributed by atoms with E-state index in [-0.39, 0.29) is 0 Å². The highest BCUT2D eigenvalue weighted by Crippen LogP contribution is 2.31. The zero-order valence-corrected chi connectivity index (χ0v) is 12.1. The number of rotatable bonds is 5. The fourth-order valence-electron chi connectivity index (χ4n) is 3.44. The summed E-state index contributed by atoms with van der Waals surface area (Å²) in [5, 5.41) is 14.1. The Morgan fingerprint density at radius 3 is 2.56 bits per heavy atom. The van der Waals surface area contributed by atoms with Gasteiger partial charge in [0.2, 0.25) is 0 Å². The average Bonchev–Trinajstić information content (AvgIpc) is 2.76. The Morgan fingerprint density at radius 1 is 1.28 bits per heavy atom. The average molecular weight is 254 g/mol. The van der Waals surface area contributed by atoms with Gasteiger partial charge >= 0.3 is 0 Å². The largest absolute Gasteiger partial charge is 0.389 e. The fraction of sp³-hybridized carbons (Fsp3) is 1.00. The molecule has 0 aromatic carbocycles. The quantitative estimate of drug-likeness (QED) is 0.788. The number of nitrogens with one attached hydrogen (secondary N) is 1. The Bertz CT molecular complexity index is 243. The van der Waals surface area contributed by atoms with Crippen LogP contribution in [0, 0.1) is 5.92 Å². The SMILES string of the molecule is CC(C)N(CC1CCCNC1)CC1(O)CCCC1. The van der Waals surface area contributed by atoms with Crippen molar-refractivity contribution in [3.05, 3.63) is 0 Å². The van der Waals surface area contributed by atoms with Crippen LogP contribution in [0.2, 0.25) is 0 Å². The summed E-state index contributed by atoms with van der Waals surface area (Å²) >= 11 is 0. The summed E-state index contributed by atoms with van der Waals surface area (Å²) in [6.07, 6.45) is 7.05. The topological polar surface area (TPSA) is 35.5 Å². The summed E-state index contributed by atoms with van der Waals surface area (Å²) in [6, 6.07) is 0.538. The summed E-state index contributed by atoms with van der Waals surface area (Å²) in [4.78, 5) is 2.50. The second-order valence-electron chi connectivity index (χ2n) is 6.67. The minimum absolute atomic E-state index is 0.396. The molecule has 1 atom stereocenters. The van der Waals surface area contributed by atoms with E-state index in [2.05, 4.69) is 24.1 Å². The van der Waals surface area contributed by atoms with Gasteiger partial charge < -0.3 is 10.4 Å². The van der Waals surface area contributed by atoms with Crippen LogP contribution in [0.25, 0.3) is 0 Å². The molecular weight excluding hydrogens is 224 g/mol. The summed E-state index contributed by atoms with van der Waals surface area (Å²) < 4.78 is 0. The zero-order valence-electron chi connectivity index (χ0n) is 12.1. The monoisotopic (exact) mass is 254 g/mol. The lowest BCUT2D eigenvalue weighted by molar-refractivity contribution is -0.00520. The van der Waals surface area contributed by atoms with Crippen LogP contribution >= 0.6 is 0 Å². The highest BCUT2D eigenvalue weighted by molar-refractivity contribution is 4.89. The van der Waals surface area contributed by atoms with Crippen molar-refractivity contribution in [2.75, 3.05) is 26.2 Å². The van der Waals surface area contributed by atoms with E-state index >= 15 is 0 Å². The van der Waals surface area contributed by atoms with Gasteiger partial charge in [0.15, 0.2) is 0 Å². The van der Waals surface area contributed by atoms with Crippen molar-refractivity contribution in [3.63, 3.8) is 0 Å². The van der Waals surface area contributed by atoms with Gasteiger partial charge in [-0.15, -0.1) is 0 Å². The van der Waals surface area contributed by atoms with Crippen LogP contribution in [0.5, 0.6) is 0 Å². The molecule has 0 radical (unpaired) electrons. The predicted octanol–water partition coefficient (Wildman–Crippen LogP) is 2.00. The maximum Gasteiger partial charge on any atom is 0.0774 e. The maximum absolute atomic E-state index is 10.6. The lowest BCUT2D eigenvalue weighted by Gasteiger charge is -2.37. The molecule has 1 unspecified atom stereocenters. The van der Waals surface area contributed by atoms with Crippen molar-refractivity contribution in [2.45, 2.75) is 64.0 Å². The zero-order chi connectivity index (χ0) is 13.0. The number of hydrogen-bond donors (Lipinski definition) is 2. The first kappa shape index (κ1) is 14.3. The van der Waals surface area contributed by atoms with Crippen LogP contribution in [0.4, 0.5) is 0 Å². The van der Waals surface area contributed by atoms with E-state index in [4.69, 9.17) is 0 Å². The molecule has 0 amide bonds. The molecule has 1 aliphatic heterocycles. The number of piperidine rings is 1. The number of aliphatic hydroxyl groups is 1. The van der Waals surface area contributed by atoms with Crippen molar-refractivity contribution < 1.29 is 5.11 Å². The molecule has 1 saturated heterocycles. The molecule has 0 aromatic rings. The second kappa shape index (κ2) is 6.36. The molecule has 1 aliphatic carbocycles. The van der Waals surface area contributed by atoms with E-state index in [0.29, 0.717) is 6.04 Å². The van der Waals surface area contributed by atoms with Crippen molar-refractivity contribution in [3.8, 4) is 0 Å². The van der Waals surface area contributed by atoms with Crippen molar-refractivity contribution in [2.24, 2.45) is 5.92 Å². The van der Waals surface area contributed by atoms with E-state index in [0.717, 1.165) is 38.4 Å². The maximum atomic E-state index is 10.6. The van der Waals surface area contributed by atoms with Crippen molar-refractivity contribution in [1.29, 1.82) is 0 Å². The first-order valence-electron chi connectivity index (χ1n) is 7.76. The molecule has 2 N–H and O–H groups in total. The molecule has 3 nitrogen and oxygen atoms in total. The van der Waals surface area contributed by atoms with Crippen molar-refractivity contribution >= 4 is 0 Å². The molecular formula is C15H30N2O. The summed E-state index contributed by atoms with van der Waals surface area (Å²) in [5.74, 6) is 0.770. The second-order valence-corrected chi connectivity index (χ2v) is 6.67. The molecule has 2 fully saturated rings. The third-order valence-electron chi connectivity index (χ3n) is 4.65. The molecule has 0 spiro atoms. The van der Waals surface area contributed by atoms with E-state index in [9.17, 15) is 5.11 Å². The predicted molar refractivity (Wildman–Crippen MR) is 75.7 cm³/mol. The van der Waals surface area contributed by atoms with Gasteiger partial charge in [0.05, 0.1) is 5.60 Å². The van der Waals surface area contributed by atoms with Gasteiger partial charge in [0.25, 0.3) is 0 Å². The van der Waals surface area contributed by atoms with E-state index in [1.54, 1.807) is 0 Å². The summed E-state index contributed by atoms with van der Waals surface area (Å²) in [6.45, 7) is 8.88. The molecule has 1 saturated carbocycles.